The van der Waals surface area contributed by atoms with E-state index < -0.39 is 11.7 Å². The Balaban J connectivity index is 0.00000784. The maximum Gasteiger partial charge on any atom is 0.407 e. The summed E-state index contributed by atoms with van der Waals surface area (Å²) < 4.78 is 16.2. The van der Waals surface area contributed by atoms with Crippen molar-refractivity contribution < 1.29 is 19.0 Å². The summed E-state index contributed by atoms with van der Waals surface area (Å²) in [5.74, 6) is 2.26. The van der Waals surface area contributed by atoms with E-state index in [0.717, 1.165) is 17.9 Å². The summed E-state index contributed by atoms with van der Waals surface area (Å²) in [6.45, 7) is 9.28. The highest BCUT2D eigenvalue weighted by molar-refractivity contribution is 14.0. The smallest absolute Gasteiger partial charge is 0.407 e. The fourth-order valence-corrected chi connectivity index (χ4v) is 2.19. The molecule has 0 heterocycles. The van der Waals surface area contributed by atoms with Crippen molar-refractivity contribution in [2.24, 2.45) is 4.99 Å². The zero-order valence-corrected chi connectivity index (χ0v) is 20.5. The van der Waals surface area contributed by atoms with Crippen molar-refractivity contribution in [3.8, 4) is 11.5 Å². The molecule has 0 aromatic heterocycles. The van der Waals surface area contributed by atoms with E-state index in [1.54, 1.807) is 14.2 Å². The molecule has 3 N–H and O–H groups in total. The highest BCUT2D eigenvalue weighted by atomic mass is 127. The van der Waals surface area contributed by atoms with Crippen LogP contribution >= 0.6 is 24.0 Å². The standard InChI is InChI=1S/C20H34N4O4.HI/c1-15(27-17-10-8-16(26-6)9-11-17)14-24-18(21-5)22-12-7-13-23-19(25)28-20(2,3)4;/h8-11,15H,7,12-14H2,1-6H3,(H,23,25)(H2,21,22,24);1H. The number of hydrogen-bond donors (Lipinski definition) is 3. The average Bonchev–Trinajstić information content (AvgIpc) is 2.63. The van der Waals surface area contributed by atoms with Gasteiger partial charge in [0.15, 0.2) is 5.96 Å². The van der Waals surface area contributed by atoms with Crippen LogP contribution in [0.5, 0.6) is 11.5 Å². The van der Waals surface area contributed by atoms with Gasteiger partial charge in [-0.15, -0.1) is 24.0 Å². The average molecular weight is 522 g/mol. The number of hydrogen-bond acceptors (Lipinski definition) is 5. The van der Waals surface area contributed by atoms with Crippen LogP contribution in [0.3, 0.4) is 0 Å². The maximum atomic E-state index is 11.6. The highest BCUT2D eigenvalue weighted by Crippen LogP contribution is 2.17. The Hall–Kier alpha value is -1.91. The molecule has 1 unspecified atom stereocenters. The van der Waals surface area contributed by atoms with Gasteiger partial charge < -0.3 is 30.2 Å². The number of guanidine groups is 1. The molecule has 0 aliphatic rings. The second-order valence-electron chi connectivity index (χ2n) is 7.27. The fourth-order valence-electron chi connectivity index (χ4n) is 2.19. The Morgan fingerprint density at radius 2 is 1.66 bits per heavy atom. The van der Waals surface area contributed by atoms with Gasteiger partial charge in [0.05, 0.1) is 13.7 Å². The Kier molecular flexibility index (Phi) is 13.2. The number of nitrogens with zero attached hydrogens (tertiary/aromatic N) is 1. The molecule has 0 aliphatic heterocycles. The SMILES string of the molecule is CN=C(NCCCNC(=O)OC(C)(C)C)NCC(C)Oc1ccc(OC)cc1.I. The first-order chi connectivity index (χ1) is 13.2. The quantitative estimate of drug-likeness (QED) is 0.200. The number of carbonyl (C=O) groups is 1. The molecular weight excluding hydrogens is 487 g/mol. The molecule has 8 nitrogen and oxygen atoms in total. The van der Waals surface area contributed by atoms with E-state index in [2.05, 4.69) is 20.9 Å². The first-order valence-corrected chi connectivity index (χ1v) is 9.45. The first-order valence-electron chi connectivity index (χ1n) is 9.45. The molecule has 0 spiro atoms. The Labute approximate surface area is 191 Å². The molecule has 0 bridgehead atoms. The molecule has 0 saturated heterocycles. The number of amides is 1. The third-order valence-electron chi connectivity index (χ3n) is 3.49. The monoisotopic (exact) mass is 522 g/mol. The molecule has 0 fully saturated rings. The minimum atomic E-state index is -0.487. The third kappa shape index (κ3) is 13.0. The summed E-state index contributed by atoms with van der Waals surface area (Å²) >= 11 is 0. The lowest BCUT2D eigenvalue weighted by Crippen LogP contribution is -2.42. The molecular formula is C20H35IN4O4. The van der Waals surface area contributed by atoms with Gasteiger partial charge in [-0.05, 0) is 58.4 Å². The lowest BCUT2D eigenvalue weighted by Gasteiger charge is -2.20. The van der Waals surface area contributed by atoms with Gasteiger partial charge in [-0.3, -0.25) is 4.99 Å². The molecule has 29 heavy (non-hydrogen) atoms. The molecule has 9 heteroatoms. The number of rotatable bonds is 9. The molecule has 0 saturated carbocycles. The van der Waals surface area contributed by atoms with Gasteiger partial charge in [-0.25, -0.2) is 4.79 Å². The summed E-state index contributed by atoms with van der Waals surface area (Å²) in [6, 6.07) is 7.47. The zero-order valence-electron chi connectivity index (χ0n) is 18.2. The van der Waals surface area contributed by atoms with Crippen molar-refractivity contribution in [1.29, 1.82) is 0 Å². The van der Waals surface area contributed by atoms with Crippen molar-refractivity contribution in [2.75, 3.05) is 33.8 Å². The number of carbonyl (C=O) groups excluding carboxylic acids is 1. The van der Waals surface area contributed by atoms with Crippen LogP contribution in [0.4, 0.5) is 4.79 Å². The number of nitrogens with one attached hydrogen (secondary N) is 3. The second-order valence-corrected chi connectivity index (χ2v) is 7.27. The highest BCUT2D eigenvalue weighted by Gasteiger charge is 2.15. The van der Waals surface area contributed by atoms with Crippen LogP contribution in [0, 0.1) is 0 Å². The number of alkyl carbamates (subject to hydrolysis) is 1. The Bertz CT molecular complexity index is 618. The predicted molar refractivity (Wildman–Crippen MR) is 127 cm³/mol. The van der Waals surface area contributed by atoms with Crippen molar-refractivity contribution in [3.63, 3.8) is 0 Å². The molecule has 1 amide bonds. The van der Waals surface area contributed by atoms with Gasteiger partial charge in [0.25, 0.3) is 0 Å². The zero-order chi connectivity index (χ0) is 21.0. The van der Waals surface area contributed by atoms with Crippen LogP contribution in [0.1, 0.15) is 34.1 Å². The molecule has 1 rings (SSSR count). The number of benzene rings is 1. The first kappa shape index (κ1) is 27.1. The van der Waals surface area contributed by atoms with Crippen LogP contribution in [0.2, 0.25) is 0 Å². The van der Waals surface area contributed by atoms with Crippen LogP contribution in [-0.4, -0.2) is 57.5 Å². The number of aliphatic imine (C=N–C) groups is 1. The predicted octanol–water partition coefficient (Wildman–Crippen LogP) is 3.16. The van der Waals surface area contributed by atoms with Gasteiger partial charge >= 0.3 is 6.09 Å². The number of halogens is 1. The summed E-state index contributed by atoms with van der Waals surface area (Å²) in [4.78, 5) is 15.7. The van der Waals surface area contributed by atoms with Gasteiger partial charge in [-0.1, -0.05) is 0 Å². The molecule has 1 atom stereocenters. The van der Waals surface area contributed by atoms with E-state index in [1.165, 1.54) is 0 Å². The van der Waals surface area contributed by atoms with E-state index in [-0.39, 0.29) is 30.1 Å². The van der Waals surface area contributed by atoms with Crippen LogP contribution in [0.25, 0.3) is 0 Å². The van der Waals surface area contributed by atoms with Gasteiger partial charge in [0.2, 0.25) is 0 Å². The molecule has 166 valence electrons. The largest absolute Gasteiger partial charge is 0.497 e. The minimum absolute atomic E-state index is 0. The topological polar surface area (TPSA) is 93.2 Å². The van der Waals surface area contributed by atoms with Crippen molar-refractivity contribution in [3.05, 3.63) is 24.3 Å². The summed E-state index contributed by atoms with van der Waals surface area (Å²) in [5, 5.41) is 9.15. The summed E-state index contributed by atoms with van der Waals surface area (Å²) in [5.41, 5.74) is -0.487. The molecule has 0 aliphatic carbocycles. The van der Waals surface area contributed by atoms with Gasteiger partial charge in [0, 0.05) is 20.1 Å². The minimum Gasteiger partial charge on any atom is -0.497 e. The number of methoxy groups -OCH3 is 1. The Morgan fingerprint density at radius 1 is 1.07 bits per heavy atom. The van der Waals surface area contributed by atoms with Gasteiger partial charge in [-0.2, -0.15) is 0 Å². The van der Waals surface area contributed by atoms with E-state index in [0.29, 0.717) is 25.6 Å². The second kappa shape index (κ2) is 14.1. The van der Waals surface area contributed by atoms with Crippen molar-refractivity contribution in [2.45, 2.75) is 45.8 Å². The van der Waals surface area contributed by atoms with E-state index in [9.17, 15) is 4.79 Å². The summed E-state index contributed by atoms with van der Waals surface area (Å²) in [6.07, 6.45) is 0.304. The van der Waals surface area contributed by atoms with E-state index >= 15 is 0 Å². The third-order valence-corrected chi connectivity index (χ3v) is 3.49. The van der Waals surface area contributed by atoms with Gasteiger partial charge in [0.1, 0.15) is 23.2 Å². The van der Waals surface area contributed by atoms with E-state index in [1.807, 2.05) is 52.0 Å². The van der Waals surface area contributed by atoms with Crippen molar-refractivity contribution >= 4 is 36.0 Å². The lowest BCUT2D eigenvalue weighted by molar-refractivity contribution is 0.0527. The Morgan fingerprint density at radius 3 is 2.21 bits per heavy atom. The maximum absolute atomic E-state index is 11.6. The van der Waals surface area contributed by atoms with Crippen LogP contribution in [-0.2, 0) is 4.74 Å². The molecule has 1 aromatic carbocycles. The van der Waals surface area contributed by atoms with Crippen LogP contribution < -0.4 is 25.4 Å². The molecule has 1 aromatic rings. The normalized spacial score (nSPS) is 12.3. The lowest BCUT2D eigenvalue weighted by atomic mass is 10.2. The van der Waals surface area contributed by atoms with Crippen LogP contribution in [0.15, 0.2) is 29.3 Å². The van der Waals surface area contributed by atoms with Crippen molar-refractivity contribution in [1.82, 2.24) is 16.0 Å². The fraction of sp³-hybridized carbons (Fsp3) is 0.600. The number of ether oxygens (including phenoxy) is 3. The van der Waals surface area contributed by atoms with E-state index in [4.69, 9.17) is 14.2 Å². The summed E-state index contributed by atoms with van der Waals surface area (Å²) in [7, 11) is 3.35. The molecule has 0 radical (unpaired) electrons.